The number of nitrogens with zero attached hydrogens (tertiary/aromatic N) is 2. The van der Waals surface area contributed by atoms with Crippen molar-refractivity contribution in [3.8, 4) is 5.69 Å². The Bertz CT molecular complexity index is 1190. The van der Waals surface area contributed by atoms with E-state index in [9.17, 15) is 22.0 Å². The summed E-state index contributed by atoms with van der Waals surface area (Å²) in [5, 5.41) is 2.88. The third kappa shape index (κ3) is 3.72. The average Bonchev–Trinajstić information content (AvgIpc) is 3.07. The van der Waals surface area contributed by atoms with E-state index in [1.54, 1.807) is 37.3 Å². The summed E-state index contributed by atoms with van der Waals surface area (Å²) in [6.07, 6.45) is -4.63. The van der Waals surface area contributed by atoms with Gasteiger partial charge in [0.05, 0.1) is 11.0 Å². The fourth-order valence-corrected chi connectivity index (χ4v) is 3.26. The lowest BCUT2D eigenvalue weighted by Crippen LogP contribution is -2.13. The molecule has 1 N–H and O–H groups in total. The van der Waals surface area contributed by atoms with Crippen LogP contribution in [0.1, 0.15) is 17.0 Å². The summed E-state index contributed by atoms with van der Waals surface area (Å²) in [6.45, 7) is 1.68. The fourth-order valence-electron chi connectivity index (χ4n) is 3.26. The monoisotopic (exact) mass is 417 g/mol. The molecule has 3 nitrogen and oxygen atoms in total. The molecule has 8 heteroatoms. The Morgan fingerprint density at radius 3 is 2.23 bits per heavy atom. The smallest absolute Gasteiger partial charge is 0.381 e. The molecule has 0 unspecified atom stereocenters. The molecule has 4 aromatic rings. The van der Waals surface area contributed by atoms with Crippen molar-refractivity contribution in [3.63, 3.8) is 0 Å². The normalized spacial score (nSPS) is 11.8. The van der Waals surface area contributed by atoms with Crippen molar-refractivity contribution in [1.82, 2.24) is 9.55 Å². The van der Waals surface area contributed by atoms with Crippen LogP contribution in [-0.4, -0.2) is 9.55 Å². The van der Waals surface area contributed by atoms with Crippen LogP contribution >= 0.6 is 0 Å². The molecule has 3 aromatic carbocycles. The third-order valence-electron chi connectivity index (χ3n) is 4.72. The van der Waals surface area contributed by atoms with Crippen LogP contribution in [0.5, 0.6) is 0 Å². The number of hydrogen-bond donors (Lipinski definition) is 1. The molecule has 0 amide bonds. The first-order valence-corrected chi connectivity index (χ1v) is 9.07. The van der Waals surface area contributed by atoms with Crippen LogP contribution in [0.4, 0.5) is 27.6 Å². The number of imidazole rings is 1. The zero-order valence-corrected chi connectivity index (χ0v) is 15.8. The summed E-state index contributed by atoms with van der Waals surface area (Å²) in [6, 6.07) is 14.6. The van der Waals surface area contributed by atoms with E-state index in [4.69, 9.17) is 0 Å². The van der Waals surface area contributed by atoms with Gasteiger partial charge in [0.2, 0.25) is 5.82 Å². The molecule has 0 aliphatic rings. The van der Waals surface area contributed by atoms with E-state index in [1.165, 1.54) is 18.2 Å². The Hall–Kier alpha value is -3.42. The number of aryl methyl sites for hydroxylation is 1. The van der Waals surface area contributed by atoms with E-state index in [2.05, 4.69) is 10.3 Å². The second kappa shape index (κ2) is 7.44. The lowest BCUT2D eigenvalue weighted by atomic mass is 10.2. The lowest BCUT2D eigenvalue weighted by molar-refractivity contribution is -0.145. The van der Waals surface area contributed by atoms with E-state index in [0.717, 1.165) is 22.3 Å². The molecule has 0 bridgehead atoms. The number of hydrogen-bond acceptors (Lipinski definition) is 2. The number of anilines is 1. The van der Waals surface area contributed by atoms with E-state index in [1.807, 2.05) is 0 Å². The zero-order chi connectivity index (χ0) is 21.5. The van der Waals surface area contributed by atoms with Crippen LogP contribution in [-0.2, 0) is 12.7 Å². The maximum atomic E-state index is 13.7. The molecule has 4 rings (SSSR count). The van der Waals surface area contributed by atoms with E-state index < -0.39 is 23.6 Å². The summed E-state index contributed by atoms with van der Waals surface area (Å²) >= 11 is 0. The van der Waals surface area contributed by atoms with Crippen molar-refractivity contribution < 1.29 is 22.0 Å². The predicted octanol–water partition coefficient (Wildman–Crippen LogP) is 6.24. The van der Waals surface area contributed by atoms with Gasteiger partial charge in [0.1, 0.15) is 11.6 Å². The van der Waals surface area contributed by atoms with Gasteiger partial charge < -0.3 is 5.32 Å². The van der Waals surface area contributed by atoms with E-state index in [-0.39, 0.29) is 23.3 Å². The van der Waals surface area contributed by atoms with Gasteiger partial charge in [0.15, 0.2) is 0 Å². The molecule has 0 fully saturated rings. The first kappa shape index (κ1) is 19.9. The molecule has 30 heavy (non-hydrogen) atoms. The molecular formula is C22H16F5N3. The number of nitrogens with one attached hydrogen (secondary N) is 1. The van der Waals surface area contributed by atoms with Crippen LogP contribution in [0.3, 0.4) is 0 Å². The summed E-state index contributed by atoms with van der Waals surface area (Å²) in [4.78, 5) is 3.78. The van der Waals surface area contributed by atoms with Crippen LogP contribution < -0.4 is 5.32 Å². The van der Waals surface area contributed by atoms with Crippen molar-refractivity contribution in [2.45, 2.75) is 19.6 Å². The highest BCUT2D eigenvalue weighted by Crippen LogP contribution is 2.34. The molecule has 1 heterocycles. The molecule has 0 spiro atoms. The standard InChI is InChI=1S/C22H16F5N3/c1-13-5-10-20-19(11-13)29-21(22(25,26)27)30(20)15-8-6-14(7-9-15)28-12-16-17(23)3-2-4-18(16)24/h2-11,28H,12H2,1H3. The maximum absolute atomic E-state index is 13.7. The zero-order valence-electron chi connectivity index (χ0n) is 15.8. The van der Waals surface area contributed by atoms with Gasteiger partial charge in [0, 0.05) is 23.5 Å². The highest BCUT2D eigenvalue weighted by atomic mass is 19.4. The minimum Gasteiger partial charge on any atom is -0.381 e. The Labute approximate surface area is 168 Å². The molecule has 1 aromatic heterocycles. The first-order chi connectivity index (χ1) is 14.2. The van der Waals surface area contributed by atoms with Gasteiger partial charge >= 0.3 is 6.18 Å². The largest absolute Gasteiger partial charge is 0.450 e. The van der Waals surface area contributed by atoms with Gasteiger partial charge in [-0.15, -0.1) is 0 Å². The number of alkyl halides is 3. The summed E-state index contributed by atoms with van der Waals surface area (Å²) in [5.41, 5.74) is 2.06. The molecule has 0 atom stereocenters. The minimum atomic E-state index is -4.63. The van der Waals surface area contributed by atoms with Crippen LogP contribution in [0.25, 0.3) is 16.7 Å². The van der Waals surface area contributed by atoms with E-state index in [0.29, 0.717) is 11.2 Å². The van der Waals surface area contributed by atoms with Crippen LogP contribution in [0.15, 0.2) is 60.7 Å². The maximum Gasteiger partial charge on any atom is 0.450 e. The van der Waals surface area contributed by atoms with Gasteiger partial charge in [-0.3, -0.25) is 4.57 Å². The number of benzene rings is 3. The second-order valence-corrected chi connectivity index (χ2v) is 6.86. The molecule has 0 saturated heterocycles. The van der Waals surface area contributed by atoms with Gasteiger partial charge in [-0.25, -0.2) is 13.8 Å². The van der Waals surface area contributed by atoms with E-state index >= 15 is 0 Å². The molecule has 0 saturated carbocycles. The SMILES string of the molecule is Cc1ccc2c(c1)nc(C(F)(F)F)n2-c1ccc(NCc2c(F)cccc2F)cc1. The molecule has 0 aliphatic heterocycles. The van der Waals surface area contributed by atoms with Gasteiger partial charge in [-0.1, -0.05) is 12.1 Å². The van der Waals surface area contributed by atoms with Crippen LogP contribution in [0, 0.1) is 18.6 Å². The molecule has 154 valence electrons. The van der Waals surface area contributed by atoms with Crippen molar-refractivity contribution in [2.24, 2.45) is 0 Å². The number of aromatic nitrogens is 2. The number of rotatable bonds is 4. The predicted molar refractivity (Wildman–Crippen MR) is 104 cm³/mol. The Morgan fingerprint density at radius 1 is 0.933 bits per heavy atom. The average molecular weight is 417 g/mol. The van der Waals surface area contributed by atoms with Gasteiger partial charge in [0.25, 0.3) is 0 Å². The van der Waals surface area contributed by atoms with Crippen molar-refractivity contribution in [3.05, 3.63) is 89.2 Å². The Kier molecular flexibility index (Phi) is 4.93. The highest BCUT2D eigenvalue weighted by Gasteiger charge is 2.38. The Morgan fingerprint density at radius 2 is 1.60 bits per heavy atom. The van der Waals surface area contributed by atoms with Crippen LogP contribution in [0.2, 0.25) is 0 Å². The first-order valence-electron chi connectivity index (χ1n) is 9.07. The topological polar surface area (TPSA) is 29.9 Å². The number of halogens is 5. The summed E-state index contributed by atoms with van der Waals surface area (Å²) < 4.78 is 69.2. The van der Waals surface area contributed by atoms with Crippen molar-refractivity contribution in [2.75, 3.05) is 5.32 Å². The number of fused-ring (bicyclic) bond motifs is 1. The second-order valence-electron chi connectivity index (χ2n) is 6.86. The quantitative estimate of drug-likeness (QED) is 0.398. The lowest BCUT2D eigenvalue weighted by Gasteiger charge is -2.13. The van der Waals surface area contributed by atoms with Gasteiger partial charge in [-0.05, 0) is 61.0 Å². The fraction of sp³-hybridized carbons (Fsp3) is 0.136. The molecule has 0 radical (unpaired) electrons. The Balaban J connectivity index is 1.67. The van der Waals surface area contributed by atoms with Crippen molar-refractivity contribution in [1.29, 1.82) is 0 Å². The minimum absolute atomic E-state index is 0.0983. The summed E-state index contributed by atoms with van der Waals surface area (Å²) in [7, 11) is 0. The third-order valence-corrected chi connectivity index (χ3v) is 4.72. The highest BCUT2D eigenvalue weighted by molar-refractivity contribution is 5.79. The summed E-state index contributed by atoms with van der Waals surface area (Å²) in [5.74, 6) is -2.36. The van der Waals surface area contributed by atoms with Gasteiger partial charge in [-0.2, -0.15) is 13.2 Å². The molecule has 0 aliphatic carbocycles. The molecular weight excluding hydrogens is 401 g/mol. The van der Waals surface area contributed by atoms with Crippen molar-refractivity contribution >= 4 is 16.7 Å².